The monoisotopic (exact) mass is 354 g/mol. The average molecular weight is 354 g/mol. The van der Waals surface area contributed by atoms with Crippen LogP contribution in [-0.4, -0.2) is 51.2 Å². The van der Waals surface area contributed by atoms with Crippen molar-refractivity contribution in [2.75, 3.05) is 45.3 Å². The van der Waals surface area contributed by atoms with Crippen molar-refractivity contribution in [3.8, 4) is 11.5 Å². The van der Waals surface area contributed by atoms with Gasteiger partial charge in [-0.3, -0.25) is 4.79 Å². The van der Waals surface area contributed by atoms with Crippen LogP contribution in [0, 0.1) is 0 Å². The quantitative estimate of drug-likeness (QED) is 0.800. The molecule has 26 heavy (non-hydrogen) atoms. The number of carbonyl (C=O) groups is 1. The molecule has 1 heterocycles. The van der Waals surface area contributed by atoms with Crippen molar-refractivity contribution < 1.29 is 14.3 Å². The molecule has 0 aromatic heterocycles. The van der Waals surface area contributed by atoms with Crippen molar-refractivity contribution in [2.45, 2.75) is 12.8 Å². The number of ether oxygens (including phenoxy) is 2. The van der Waals surface area contributed by atoms with Gasteiger partial charge in [0.15, 0.2) is 11.5 Å². The number of rotatable bonds is 6. The number of anilines is 1. The highest BCUT2D eigenvalue weighted by atomic mass is 16.5. The van der Waals surface area contributed by atoms with Crippen molar-refractivity contribution in [3.63, 3.8) is 0 Å². The van der Waals surface area contributed by atoms with Gasteiger partial charge in [-0.2, -0.15) is 0 Å². The number of piperazine rings is 1. The minimum absolute atomic E-state index is 0.237. The number of benzene rings is 2. The summed E-state index contributed by atoms with van der Waals surface area (Å²) in [5.74, 6) is 1.69. The molecule has 1 amide bonds. The van der Waals surface area contributed by atoms with E-state index >= 15 is 0 Å². The Morgan fingerprint density at radius 2 is 1.62 bits per heavy atom. The molecule has 3 rings (SSSR count). The molecular formula is C21H26N2O3. The molecule has 0 radical (unpaired) electrons. The second-order valence-electron chi connectivity index (χ2n) is 6.39. The van der Waals surface area contributed by atoms with E-state index < -0.39 is 0 Å². The Morgan fingerprint density at radius 3 is 2.27 bits per heavy atom. The number of amides is 1. The predicted molar refractivity (Wildman–Crippen MR) is 103 cm³/mol. The van der Waals surface area contributed by atoms with E-state index in [0.717, 1.165) is 49.8 Å². The molecule has 2 aromatic rings. The molecule has 5 heteroatoms. The Kier molecular flexibility index (Phi) is 6.00. The van der Waals surface area contributed by atoms with E-state index in [1.165, 1.54) is 5.56 Å². The first-order valence-electron chi connectivity index (χ1n) is 9.00. The zero-order valence-electron chi connectivity index (χ0n) is 15.5. The standard InChI is InChI=1S/C21H26N2O3/c1-25-19-10-9-18(16-20(19)26-2)22-12-14-23(15-13-22)21(24)11-8-17-6-4-3-5-7-17/h3-7,9-10,16H,8,11-15H2,1-2H3. The molecule has 0 N–H and O–H groups in total. The van der Waals surface area contributed by atoms with Crippen molar-refractivity contribution in [1.29, 1.82) is 0 Å². The molecule has 0 aliphatic carbocycles. The normalized spacial score (nSPS) is 14.2. The molecule has 2 aromatic carbocycles. The van der Waals surface area contributed by atoms with Crippen LogP contribution in [0.3, 0.4) is 0 Å². The highest BCUT2D eigenvalue weighted by Crippen LogP contribution is 2.31. The number of nitrogens with zero attached hydrogens (tertiary/aromatic N) is 2. The van der Waals surface area contributed by atoms with Crippen molar-refractivity contribution in [3.05, 3.63) is 54.1 Å². The zero-order chi connectivity index (χ0) is 18.4. The van der Waals surface area contributed by atoms with Crippen molar-refractivity contribution in [1.82, 2.24) is 4.90 Å². The maximum Gasteiger partial charge on any atom is 0.223 e. The summed E-state index contributed by atoms with van der Waals surface area (Å²) < 4.78 is 10.7. The molecule has 0 bridgehead atoms. The van der Waals surface area contributed by atoms with Gasteiger partial charge in [0.05, 0.1) is 14.2 Å². The number of hydrogen-bond donors (Lipinski definition) is 0. The minimum atomic E-state index is 0.237. The highest BCUT2D eigenvalue weighted by Gasteiger charge is 2.21. The van der Waals surface area contributed by atoms with Gasteiger partial charge >= 0.3 is 0 Å². The third-order valence-corrected chi connectivity index (χ3v) is 4.84. The van der Waals surface area contributed by atoms with Crippen LogP contribution in [0.15, 0.2) is 48.5 Å². The van der Waals surface area contributed by atoms with E-state index in [2.05, 4.69) is 17.0 Å². The van der Waals surface area contributed by atoms with E-state index in [0.29, 0.717) is 6.42 Å². The van der Waals surface area contributed by atoms with Gasteiger partial charge in [-0.25, -0.2) is 0 Å². The van der Waals surface area contributed by atoms with Crippen molar-refractivity contribution >= 4 is 11.6 Å². The largest absolute Gasteiger partial charge is 0.493 e. The van der Waals surface area contributed by atoms with Crippen LogP contribution in [0.4, 0.5) is 5.69 Å². The van der Waals surface area contributed by atoms with E-state index in [1.807, 2.05) is 41.3 Å². The SMILES string of the molecule is COc1ccc(N2CCN(C(=O)CCc3ccccc3)CC2)cc1OC. The average Bonchev–Trinajstić information content (AvgIpc) is 2.72. The second-order valence-corrected chi connectivity index (χ2v) is 6.39. The summed E-state index contributed by atoms with van der Waals surface area (Å²) in [7, 11) is 3.28. The summed E-state index contributed by atoms with van der Waals surface area (Å²) in [6.07, 6.45) is 1.37. The molecule has 1 aliphatic rings. The van der Waals surface area contributed by atoms with Gasteiger partial charge in [0.2, 0.25) is 5.91 Å². The lowest BCUT2D eigenvalue weighted by molar-refractivity contribution is -0.131. The molecule has 1 fully saturated rings. The van der Waals surface area contributed by atoms with E-state index in [1.54, 1.807) is 14.2 Å². The lowest BCUT2D eigenvalue weighted by Gasteiger charge is -2.36. The van der Waals surface area contributed by atoms with Gasteiger partial charge in [-0.05, 0) is 24.1 Å². The Morgan fingerprint density at radius 1 is 0.923 bits per heavy atom. The summed E-state index contributed by atoms with van der Waals surface area (Å²) in [5.41, 5.74) is 2.31. The maximum absolute atomic E-state index is 12.5. The van der Waals surface area contributed by atoms with Gasteiger partial charge in [0.1, 0.15) is 0 Å². The fraction of sp³-hybridized carbons (Fsp3) is 0.381. The summed E-state index contributed by atoms with van der Waals surface area (Å²) in [5, 5.41) is 0. The first-order valence-corrected chi connectivity index (χ1v) is 9.00. The molecule has 5 nitrogen and oxygen atoms in total. The molecule has 1 aliphatic heterocycles. The Bertz CT molecular complexity index is 725. The van der Waals surface area contributed by atoms with Crippen LogP contribution in [0.5, 0.6) is 11.5 Å². The molecular weight excluding hydrogens is 328 g/mol. The number of methoxy groups -OCH3 is 2. The zero-order valence-corrected chi connectivity index (χ0v) is 15.5. The first-order chi connectivity index (χ1) is 12.7. The molecule has 0 atom stereocenters. The molecule has 0 unspecified atom stereocenters. The van der Waals surface area contributed by atoms with Crippen molar-refractivity contribution in [2.24, 2.45) is 0 Å². The summed E-state index contributed by atoms with van der Waals surface area (Å²) >= 11 is 0. The van der Waals surface area contributed by atoms with Crippen LogP contribution < -0.4 is 14.4 Å². The van der Waals surface area contributed by atoms with Crippen LogP contribution in [-0.2, 0) is 11.2 Å². The third kappa shape index (κ3) is 4.28. The van der Waals surface area contributed by atoms with Crippen LogP contribution in [0.2, 0.25) is 0 Å². The smallest absolute Gasteiger partial charge is 0.223 e. The summed E-state index contributed by atoms with van der Waals surface area (Å²) in [4.78, 5) is 16.7. The highest BCUT2D eigenvalue weighted by molar-refractivity contribution is 5.76. The summed E-state index contributed by atoms with van der Waals surface area (Å²) in [6, 6.07) is 16.1. The van der Waals surface area contributed by atoms with E-state index in [4.69, 9.17) is 9.47 Å². The minimum Gasteiger partial charge on any atom is -0.493 e. The molecule has 0 spiro atoms. The fourth-order valence-electron chi connectivity index (χ4n) is 3.29. The first kappa shape index (κ1) is 18.1. The van der Waals surface area contributed by atoms with Gasteiger partial charge < -0.3 is 19.3 Å². The van der Waals surface area contributed by atoms with Gasteiger partial charge in [0, 0.05) is 44.4 Å². The maximum atomic E-state index is 12.5. The van der Waals surface area contributed by atoms with Gasteiger partial charge in [-0.1, -0.05) is 30.3 Å². The number of aryl methyl sites for hydroxylation is 1. The van der Waals surface area contributed by atoms with Crippen LogP contribution in [0.25, 0.3) is 0 Å². The molecule has 0 saturated carbocycles. The Hall–Kier alpha value is -2.69. The second kappa shape index (κ2) is 8.61. The number of carbonyl (C=O) groups excluding carboxylic acids is 1. The van der Waals surface area contributed by atoms with Crippen LogP contribution in [0.1, 0.15) is 12.0 Å². The Labute approximate surface area is 155 Å². The fourth-order valence-corrected chi connectivity index (χ4v) is 3.29. The van der Waals surface area contributed by atoms with Crippen LogP contribution >= 0.6 is 0 Å². The van der Waals surface area contributed by atoms with E-state index in [-0.39, 0.29) is 5.91 Å². The van der Waals surface area contributed by atoms with E-state index in [9.17, 15) is 4.79 Å². The predicted octanol–water partition coefficient (Wildman–Crippen LogP) is 2.99. The topological polar surface area (TPSA) is 42.0 Å². The molecule has 138 valence electrons. The Balaban J connectivity index is 1.53. The number of hydrogen-bond acceptors (Lipinski definition) is 4. The van der Waals surface area contributed by atoms with Gasteiger partial charge in [0.25, 0.3) is 0 Å². The lowest BCUT2D eigenvalue weighted by Crippen LogP contribution is -2.48. The third-order valence-electron chi connectivity index (χ3n) is 4.84. The van der Waals surface area contributed by atoms with Gasteiger partial charge in [-0.15, -0.1) is 0 Å². The summed E-state index contributed by atoms with van der Waals surface area (Å²) in [6.45, 7) is 3.16. The lowest BCUT2D eigenvalue weighted by atomic mass is 10.1. The molecule has 1 saturated heterocycles.